The van der Waals surface area contributed by atoms with E-state index in [1.165, 1.54) is 13.0 Å². The van der Waals surface area contributed by atoms with Gasteiger partial charge in [0.2, 0.25) is 0 Å². The van der Waals surface area contributed by atoms with Gasteiger partial charge in [0.05, 0.1) is 0 Å². The minimum Gasteiger partial charge on any atom is -0.399 e. The molecular weight excluding hydrogens is 286 g/mol. The SMILES string of the molecule is CCCN([Si](C)(C)C)[Si](C)(C)C.CCO[SiH2]OCC. The molecule has 0 aliphatic carbocycles. The van der Waals surface area contributed by atoms with Crippen LogP contribution in [0.4, 0.5) is 0 Å². The summed E-state index contributed by atoms with van der Waals surface area (Å²) >= 11 is 0. The highest BCUT2D eigenvalue weighted by Crippen LogP contribution is 2.19. The number of nitrogens with zero attached hydrogens (tertiary/aromatic N) is 1. The van der Waals surface area contributed by atoms with Crippen LogP contribution >= 0.6 is 0 Å². The van der Waals surface area contributed by atoms with E-state index in [2.05, 4.69) is 50.4 Å². The van der Waals surface area contributed by atoms with Gasteiger partial charge >= 0.3 is 10.0 Å². The summed E-state index contributed by atoms with van der Waals surface area (Å²) < 4.78 is 12.8. The van der Waals surface area contributed by atoms with Gasteiger partial charge in [0.1, 0.15) is 16.5 Å². The largest absolute Gasteiger partial charge is 0.399 e. The fourth-order valence-corrected chi connectivity index (χ4v) is 12.4. The van der Waals surface area contributed by atoms with Crippen LogP contribution in [0.5, 0.6) is 0 Å². The molecule has 0 aromatic rings. The smallest absolute Gasteiger partial charge is 0.304 e. The summed E-state index contributed by atoms with van der Waals surface area (Å²) in [6.45, 7) is 23.9. The van der Waals surface area contributed by atoms with Gasteiger partial charge in [-0.25, -0.2) is 0 Å². The van der Waals surface area contributed by atoms with Gasteiger partial charge in [0.15, 0.2) is 0 Å². The molecule has 0 aliphatic heterocycles. The quantitative estimate of drug-likeness (QED) is 0.504. The van der Waals surface area contributed by atoms with E-state index in [1.54, 1.807) is 0 Å². The lowest BCUT2D eigenvalue weighted by Gasteiger charge is -2.43. The number of hydrogen-bond acceptors (Lipinski definition) is 3. The maximum Gasteiger partial charge on any atom is 0.304 e. The molecule has 0 N–H and O–H groups in total. The highest BCUT2D eigenvalue weighted by atomic mass is 28.4. The van der Waals surface area contributed by atoms with E-state index >= 15 is 0 Å². The first-order valence-corrected chi connectivity index (χ1v) is 15.6. The van der Waals surface area contributed by atoms with E-state index < -0.39 is 26.5 Å². The van der Waals surface area contributed by atoms with Crippen LogP contribution in [0.25, 0.3) is 0 Å². The van der Waals surface area contributed by atoms with Gasteiger partial charge < -0.3 is 13.1 Å². The van der Waals surface area contributed by atoms with Crippen LogP contribution in [0.1, 0.15) is 27.2 Å². The maximum absolute atomic E-state index is 4.99. The zero-order valence-electron chi connectivity index (χ0n) is 14.8. The van der Waals surface area contributed by atoms with Gasteiger partial charge in [-0.2, -0.15) is 0 Å². The van der Waals surface area contributed by atoms with Crippen molar-refractivity contribution in [3.8, 4) is 0 Å². The minimum absolute atomic E-state index is 0.589. The molecule has 0 atom stereocenters. The van der Waals surface area contributed by atoms with Gasteiger partial charge in [-0.05, 0) is 26.8 Å². The predicted octanol–water partition coefficient (Wildman–Crippen LogP) is 3.43. The first kappa shape index (κ1) is 21.8. The highest BCUT2D eigenvalue weighted by Gasteiger charge is 2.33. The van der Waals surface area contributed by atoms with Crippen molar-refractivity contribution in [3.05, 3.63) is 0 Å². The van der Waals surface area contributed by atoms with Crippen LogP contribution in [0.15, 0.2) is 0 Å². The van der Waals surface area contributed by atoms with Gasteiger partial charge in [-0.3, -0.25) is 0 Å². The zero-order valence-corrected chi connectivity index (χ0v) is 18.2. The Kier molecular flexibility index (Phi) is 12.9. The second-order valence-corrected chi connectivity index (χ2v) is 17.9. The molecule has 0 rings (SSSR count). The Morgan fingerprint density at radius 1 is 0.789 bits per heavy atom. The first-order chi connectivity index (χ1) is 8.61. The molecular formula is C13H37NO2Si3. The topological polar surface area (TPSA) is 21.7 Å². The van der Waals surface area contributed by atoms with Gasteiger partial charge in [-0.15, -0.1) is 0 Å². The van der Waals surface area contributed by atoms with Crippen LogP contribution < -0.4 is 0 Å². The molecule has 0 heterocycles. The molecule has 0 bridgehead atoms. The molecule has 3 nitrogen and oxygen atoms in total. The summed E-state index contributed by atoms with van der Waals surface area (Å²) in [5, 5.41) is 0. The third-order valence-corrected chi connectivity index (χ3v) is 11.5. The number of rotatable bonds is 8. The summed E-state index contributed by atoms with van der Waals surface area (Å²) in [7, 11) is -2.68. The lowest BCUT2D eigenvalue weighted by atomic mass is 10.5. The molecule has 0 amide bonds. The van der Waals surface area contributed by atoms with Crippen molar-refractivity contribution < 1.29 is 8.85 Å². The Balaban J connectivity index is 0. The van der Waals surface area contributed by atoms with Crippen molar-refractivity contribution in [2.45, 2.75) is 66.5 Å². The highest BCUT2D eigenvalue weighted by molar-refractivity contribution is 6.89. The molecule has 118 valence electrons. The lowest BCUT2D eigenvalue weighted by Crippen LogP contribution is -2.59. The predicted molar refractivity (Wildman–Crippen MR) is 95.5 cm³/mol. The normalized spacial score (nSPS) is 12.3. The molecule has 0 saturated heterocycles. The van der Waals surface area contributed by atoms with E-state index in [0.717, 1.165) is 13.2 Å². The Bertz CT molecular complexity index is 185. The Hall–Kier alpha value is 0.531. The lowest BCUT2D eigenvalue weighted by molar-refractivity contribution is 0.240. The monoisotopic (exact) mass is 323 g/mol. The number of hydrogen-bond donors (Lipinski definition) is 0. The molecule has 0 aromatic carbocycles. The fraction of sp³-hybridized carbons (Fsp3) is 1.00. The molecule has 19 heavy (non-hydrogen) atoms. The van der Waals surface area contributed by atoms with Gasteiger partial charge in [0, 0.05) is 13.2 Å². The van der Waals surface area contributed by atoms with Crippen molar-refractivity contribution in [3.63, 3.8) is 0 Å². The summed E-state index contributed by atoms with van der Waals surface area (Å²) in [4.78, 5) is 0. The molecule has 0 radical (unpaired) electrons. The molecule has 0 aliphatic rings. The molecule has 0 unspecified atom stereocenters. The maximum atomic E-state index is 4.99. The van der Waals surface area contributed by atoms with Crippen molar-refractivity contribution >= 4 is 26.5 Å². The van der Waals surface area contributed by atoms with Gasteiger partial charge in [-0.1, -0.05) is 46.2 Å². The zero-order chi connectivity index (χ0) is 15.5. The first-order valence-electron chi connectivity index (χ1n) is 7.54. The van der Waals surface area contributed by atoms with E-state index in [1.807, 2.05) is 13.8 Å². The summed E-state index contributed by atoms with van der Waals surface area (Å²) in [6, 6.07) is 0. The minimum atomic E-state index is -1.05. The molecule has 6 heteroatoms. The van der Waals surface area contributed by atoms with Crippen LogP contribution in [-0.2, 0) is 8.85 Å². The van der Waals surface area contributed by atoms with Crippen molar-refractivity contribution in [1.82, 2.24) is 4.23 Å². The third-order valence-electron chi connectivity index (χ3n) is 2.64. The van der Waals surface area contributed by atoms with Crippen molar-refractivity contribution in [2.24, 2.45) is 0 Å². The molecule has 0 aromatic heterocycles. The fourth-order valence-electron chi connectivity index (χ4n) is 2.13. The third kappa shape index (κ3) is 13.3. The van der Waals surface area contributed by atoms with Crippen molar-refractivity contribution in [2.75, 3.05) is 19.8 Å². The standard InChI is InChI=1S/C9H25NSi2.C4H12O2Si/c1-8-9-10(11(2,3)4)12(5,6)7;1-3-5-7-6-4-2/h8-9H2,1-7H3;3-4,7H2,1-2H3. The van der Waals surface area contributed by atoms with E-state index in [9.17, 15) is 0 Å². The second kappa shape index (κ2) is 11.2. The Morgan fingerprint density at radius 2 is 1.16 bits per heavy atom. The summed E-state index contributed by atoms with van der Waals surface area (Å²) in [6.07, 6.45) is 1.30. The van der Waals surface area contributed by atoms with Crippen LogP contribution in [0.2, 0.25) is 39.3 Å². The van der Waals surface area contributed by atoms with E-state index in [-0.39, 0.29) is 0 Å². The van der Waals surface area contributed by atoms with E-state index in [0.29, 0.717) is 0 Å². The van der Waals surface area contributed by atoms with Crippen LogP contribution in [0.3, 0.4) is 0 Å². The average Bonchev–Trinajstić information content (AvgIpc) is 2.24. The molecule has 0 saturated carbocycles. The van der Waals surface area contributed by atoms with Crippen LogP contribution in [0, 0.1) is 0 Å². The van der Waals surface area contributed by atoms with Crippen molar-refractivity contribution in [1.29, 1.82) is 0 Å². The van der Waals surface area contributed by atoms with Gasteiger partial charge in [0.25, 0.3) is 0 Å². The van der Waals surface area contributed by atoms with E-state index in [4.69, 9.17) is 8.85 Å². The summed E-state index contributed by atoms with van der Waals surface area (Å²) in [5.41, 5.74) is 0. The Labute approximate surface area is 126 Å². The molecule has 0 fully saturated rings. The second-order valence-electron chi connectivity index (χ2n) is 6.60. The molecule has 0 spiro atoms. The average molecular weight is 324 g/mol. The summed E-state index contributed by atoms with van der Waals surface area (Å²) in [5.74, 6) is 0. The van der Waals surface area contributed by atoms with Crippen LogP contribution in [-0.4, -0.2) is 50.5 Å². The Morgan fingerprint density at radius 3 is 1.32 bits per heavy atom.